The maximum atomic E-state index is 13.8. The monoisotopic (exact) mass is 659 g/mol. The number of nitrogens with one attached hydrogen (secondary N) is 3. The third kappa shape index (κ3) is 10.1. The second-order valence-electron chi connectivity index (χ2n) is 11.3. The number of carbonyl (C=O) groups excluding carboxylic acids is 2. The Balaban J connectivity index is 1.58. The lowest BCUT2D eigenvalue weighted by Crippen LogP contribution is -2.48. The van der Waals surface area contributed by atoms with Gasteiger partial charge in [0.1, 0.15) is 5.75 Å². The van der Waals surface area contributed by atoms with Crippen LogP contribution >= 0.6 is 0 Å². The fraction of sp³-hybridized carbons (Fsp3) is 0.286. The number of aliphatic hydroxyl groups is 1. The number of sulfonamides is 1. The van der Waals surface area contributed by atoms with E-state index in [9.17, 15) is 23.1 Å². The van der Waals surface area contributed by atoms with Gasteiger partial charge in [-0.05, 0) is 48.7 Å². The van der Waals surface area contributed by atoms with E-state index >= 15 is 0 Å². The van der Waals surface area contributed by atoms with Crippen molar-refractivity contribution < 1.29 is 27.9 Å². The van der Waals surface area contributed by atoms with Gasteiger partial charge >= 0.3 is 0 Å². The molecule has 0 fully saturated rings. The summed E-state index contributed by atoms with van der Waals surface area (Å²) in [6, 6.07) is 25.5. The van der Waals surface area contributed by atoms with Crippen molar-refractivity contribution in [2.75, 3.05) is 31.3 Å². The van der Waals surface area contributed by atoms with Crippen molar-refractivity contribution in [2.24, 2.45) is 0 Å². The van der Waals surface area contributed by atoms with Crippen LogP contribution in [-0.2, 0) is 23.0 Å². The van der Waals surface area contributed by atoms with Crippen LogP contribution < -0.4 is 25.0 Å². The minimum absolute atomic E-state index is 0.0642. The van der Waals surface area contributed by atoms with Crippen LogP contribution in [0, 0.1) is 0 Å². The molecule has 0 aliphatic rings. The van der Waals surface area contributed by atoms with Crippen LogP contribution in [0.5, 0.6) is 5.75 Å². The normalized spacial score (nSPS) is 13.2. The highest BCUT2D eigenvalue weighted by atomic mass is 32.2. The van der Waals surface area contributed by atoms with E-state index in [0.29, 0.717) is 18.7 Å². The standard InChI is InChI=1S/C35H41N5O6S/c1-24(26-13-9-6-10-14-26)38-34(42)27-18-28(20-30(19-27)40(2)47(4,44)45)35(43)39-32(17-25-11-7-5-8-12-25)33(41)23-36-22-29-21-31(46-3)15-16-37-29/h5-16,18-21,24,32-33,36,41H,17,22-23H2,1-4H3,(H,38,42)(H,39,43). The summed E-state index contributed by atoms with van der Waals surface area (Å²) in [5, 5.41) is 20.3. The highest BCUT2D eigenvalue weighted by molar-refractivity contribution is 7.92. The van der Waals surface area contributed by atoms with Crippen LogP contribution in [0.25, 0.3) is 0 Å². The van der Waals surface area contributed by atoms with E-state index in [-0.39, 0.29) is 29.4 Å². The molecule has 12 heteroatoms. The summed E-state index contributed by atoms with van der Waals surface area (Å²) in [4.78, 5) is 31.5. The van der Waals surface area contributed by atoms with Gasteiger partial charge in [0, 0.05) is 43.5 Å². The third-order valence-electron chi connectivity index (χ3n) is 7.71. The molecule has 1 aromatic heterocycles. The van der Waals surface area contributed by atoms with Crippen LogP contribution in [0.1, 0.15) is 50.5 Å². The number of anilines is 1. The van der Waals surface area contributed by atoms with E-state index in [4.69, 9.17) is 4.74 Å². The molecule has 4 aromatic rings. The number of hydrogen-bond acceptors (Lipinski definition) is 8. The van der Waals surface area contributed by atoms with E-state index < -0.39 is 34.0 Å². The number of rotatable bonds is 15. The minimum Gasteiger partial charge on any atom is -0.497 e. The van der Waals surface area contributed by atoms with Crippen molar-refractivity contribution in [2.45, 2.75) is 38.1 Å². The average Bonchev–Trinajstić information content (AvgIpc) is 3.07. The molecule has 4 N–H and O–H groups in total. The smallest absolute Gasteiger partial charge is 0.251 e. The molecule has 248 valence electrons. The molecule has 0 spiro atoms. The van der Waals surface area contributed by atoms with Crippen LogP contribution in [0.4, 0.5) is 5.69 Å². The quantitative estimate of drug-likeness (QED) is 0.152. The first-order valence-electron chi connectivity index (χ1n) is 15.1. The molecule has 11 nitrogen and oxygen atoms in total. The molecule has 0 saturated carbocycles. The summed E-state index contributed by atoms with van der Waals surface area (Å²) < 4.78 is 31.1. The zero-order valence-electron chi connectivity index (χ0n) is 26.9. The largest absolute Gasteiger partial charge is 0.497 e. The number of aromatic nitrogens is 1. The number of nitrogens with zero attached hydrogens (tertiary/aromatic N) is 2. The molecule has 0 aliphatic heterocycles. The van der Waals surface area contributed by atoms with Crippen molar-refractivity contribution in [3.8, 4) is 5.75 Å². The van der Waals surface area contributed by atoms with Gasteiger partial charge in [0.05, 0.1) is 42.9 Å². The van der Waals surface area contributed by atoms with Crippen molar-refractivity contribution >= 4 is 27.5 Å². The van der Waals surface area contributed by atoms with E-state index in [1.807, 2.05) is 67.6 Å². The molecule has 0 radical (unpaired) electrons. The van der Waals surface area contributed by atoms with Crippen LogP contribution in [0.15, 0.2) is 97.2 Å². The summed E-state index contributed by atoms with van der Waals surface area (Å²) in [6.45, 7) is 2.33. The van der Waals surface area contributed by atoms with E-state index in [0.717, 1.165) is 27.4 Å². The molecule has 0 bridgehead atoms. The Morgan fingerprint density at radius 2 is 1.53 bits per heavy atom. The highest BCUT2D eigenvalue weighted by Crippen LogP contribution is 2.22. The van der Waals surface area contributed by atoms with Crippen LogP contribution in [0.3, 0.4) is 0 Å². The van der Waals surface area contributed by atoms with E-state index in [1.165, 1.54) is 25.2 Å². The number of aliphatic hydroxyl groups excluding tert-OH is 1. The Morgan fingerprint density at radius 3 is 2.15 bits per heavy atom. The maximum Gasteiger partial charge on any atom is 0.251 e. The Bertz CT molecular complexity index is 1760. The van der Waals surface area contributed by atoms with Gasteiger partial charge < -0.3 is 25.8 Å². The molecule has 3 aromatic carbocycles. The lowest BCUT2D eigenvalue weighted by molar-refractivity contribution is 0.0829. The second-order valence-corrected chi connectivity index (χ2v) is 13.3. The Labute approximate surface area is 276 Å². The van der Waals surface area contributed by atoms with Gasteiger partial charge in [0.25, 0.3) is 11.8 Å². The van der Waals surface area contributed by atoms with Crippen molar-refractivity contribution in [1.82, 2.24) is 20.9 Å². The Hall–Kier alpha value is -4.78. The molecule has 1 heterocycles. The number of ether oxygens (including phenoxy) is 1. The van der Waals surface area contributed by atoms with Crippen LogP contribution in [0.2, 0.25) is 0 Å². The Kier molecular flexibility index (Phi) is 12.1. The average molecular weight is 660 g/mol. The molecular weight excluding hydrogens is 618 g/mol. The van der Waals surface area contributed by atoms with Gasteiger partial charge in [-0.3, -0.25) is 18.9 Å². The predicted octanol–water partition coefficient (Wildman–Crippen LogP) is 3.47. The summed E-state index contributed by atoms with van der Waals surface area (Å²) in [5.74, 6) is -0.387. The molecule has 2 amide bonds. The third-order valence-corrected chi connectivity index (χ3v) is 8.92. The van der Waals surface area contributed by atoms with Crippen molar-refractivity contribution in [3.63, 3.8) is 0 Å². The van der Waals surface area contributed by atoms with E-state index in [1.54, 1.807) is 25.4 Å². The first-order chi connectivity index (χ1) is 22.4. The summed E-state index contributed by atoms with van der Waals surface area (Å²) in [7, 11) is -0.788. The minimum atomic E-state index is -3.71. The summed E-state index contributed by atoms with van der Waals surface area (Å²) >= 11 is 0. The summed E-state index contributed by atoms with van der Waals surface area (Å²) in [5.41, 5.74) is 2.82. The number of amides is 2. The van der Waals surface area contributed by atoms with Crippen LogP contribution in [-0.4, -0.2) is 69.4 Å². The van der Waals surface area contributed by atoms with Gasteiger partial charge in [0.2, 0.25) is 10.0 Å². The fourth-order valence-electron chi connectivity index (χ4n) is 4.92. The van der Waals surface area contributed by atoms with Gasteiger partial charge in [-0.15, -0.1) is 0 Å². The number of hydrogen-bond donors (Lipinski definition) is 4. The van der Waals surface area contributed by atoms with Crippen molar-refractivity contribution in [3.05, 3.63) is 125 Å². The SMILES string of the molecule is COc1ccnc(CNCC(O)C(Cc2ccccc2)NC(=O)c2cc(C(=O)NC(C)c3ccccc3)cc(N(C)S(C)(=O)=O)c2)c1. The zero-order valence-corrected chi connectivity index (χ0v) is 27.7. The topological polar surface area (TPSA) is 150 Å². The number of carbonyl (C=O) groups is 2. The number of methoxy groups -OCH3 is 1. The predicted molar refractivity (Wildman–Crippen MR) is 182 cm³/mol. The van der Waals surface area contributed by atoms with Crippen molar-refractivity contribution in [1.29, 1.82) is 0 Å². The molecule has 3 unspecified atom stereocenters. The number of pyridine rings is 1. The first kappa shape index (κ1) is 35.1. The van der Waals surface area contributed by atoms with E-state index in [2.05, 4.69) is 20.9 Å². The first-order valence-corrected chi connectivity index (χ1v) is 17.0. The zero-order chi connectivity index (χ0) is 34.0. The van der Waals surface area contributed by atoms with Gasteiger partial charge in [-0.25, -0.2) is 8.42 Å². The Morgan fingerprint density at radius 1 is 0.915 bits per heavy atom. The lowest BCUT2D eigenvalue weighted by atomic mass is 10.00. The molecular formula is C35H41N5O6S. The number of benzene rings is 3. The molecule has 0 aliphatic carbocycles. The fourth-order valence-corrected chi connectivity index (χ4v) is 5.41. The molecule has 3 atom stereocenters. The van der Waals surface area contributed by atoms with Gasteiger partial charge in [0.15, 0.2) is 0 Å². The highest BCUT2D eigenvalue weighted by Gasteiger charge is 2.25. The lowest BCUT2D eigenvalue weighted by Gasteiger charge is -2.25. The second kappa shape index (κ2) is 16.2. The maximum absolute atomic E-state index is 13.8. The molecule has 0 saturated heterocycles. The molecule has 47 heavy (non-hydrogen) atoms. The van der Waals surface area contributed by atoms with Gasteiger partial charge in [-0.1, -0.05) is 60.7 Å². The molecule has 4 rings (SSSR count). The summed E-state index contributed by atoms with van der Waals surface area (Å²) in [6.07, 6.45) is 1.98. The van der Waals surface area contributed by atoms with Gasteiger partial charge in [-0.2, -0.15) is 0 Å².